The van der Waals surface area contributed by atoms with Crippen LogP contribution in [0.5, 0.6) is 0 Å². The number of nitrogens with one attached hydrogen (secondary N) is 1. The van der Waals surface area contributed by atoms with Crippen molar-refractivity contribution in [1.82, 2.24) is 5.32 Å². The van der Waals surface area contributed by atoms with E-state index in [1.54, 1.807) is 13.8 Å². The number of rotatable bonds is 6. The van der Waals surface area contributed by atoms with Crippen molar-refractivity contribution in [2.75, 3.05) is 0 Å². The third-order valence-corrected chi connectivity index (χ3v) is 3.45. The highest BCUT2D eigenvalue weighted by Gasteiger charge is 2.30. The van der Waals surface area contributed by atoms with E-state index >= 15 is 0 Å². The molecule has 0 aromatic heterocycles. The normalized spacial score (nSPS) is 12.8. The van der Waals surface area contributed by atoms with Gasteiger partial charge in [0.15, 0.2) is 0 Å². The third kappa shape index (κ3) is 4.37. The highest BCUT2D eigenvalue weighted by molar-refractivity contribution is 5.84. The standard InChI is InChI=1S/C16H23NO3/c1-5-12-6-8-13(9-7-12)11(2)17-14(18)10-16(3,4)15(19)20/h6-9,11H,5,10H2,1-4H3,(H,17,18)(H,19,20). The van der Waals surface area contributed by atoms with Crippen LogP contribution in [0, 0.1) is 5.41 Å². The number of hydrogen-bond donors (Lipinski definition) is 2. The second-order valence-corrected chi connectivity index (χ2v) is 5.75. The summed E-state index contributed by atoms with van der Waals surface area (Å²) in [7, 11) is 0. The summed E-state index contributed by atoms with van der Waals surface area (Å²) in [6, 6.07) is 7.94. The maximum atomic E-state index is 11.9. The molecule has 0 aliphatic carbocycles. The molecule has 110 valence electrons. The fourth-order valence-electron chi connectivity index (χ4n) is 1.89. The number of aryl methyl sites for hydroxylation is 1. The lowest BCUT2D eigenvalue weighted by atomic mass is 9.89. The van der Waals surface area contributed by atoms with Crippen LogP contribution >= 0.6 is 0 Å². The summed E-state index contributed by atoms with van der Waals surface area (Å²) in [5.41, 5.74) is 1.22. The Morgan fingerprint density at radius 1 is 1.25 bits per heavy atom. The molecule has 0 saturated carbocycles. The second kappa shape index (κ2) is 6.55. The van der Waals surface area contributed by atoms with Crippen LogP contribution in [0.4, 0.5) is 0 Å². The number of aliphatic carboxylic acids is 1. The zero-order chi connectivity index (χ0) is 15.3. The number of amides is 1. The van der Waals surface area contributed by atoms with Gasteiger partial charge in [-0.1, -0.05) is 31.2 Å². The molecule has 4 heteroatoms. The van der Waals surface area contributed by atoms with Gasteiger partial charge in [-0.05, 0) is 38.3 Å². The maximum absolute atomic E-state index is 11.9. The lowest BCUT2D eigenvalue weighted by Crippen LogP contribution is -2.34. The average Bonchev–Trinajstić information content (AvgIpc) is 2.37. The van der Waals surface area contributed by atoms with Gasteiger partial charge in [-0.25, -0.2) is 0 Å². The van der Waals surface area contributed by atoms with Gasteiger partial charge in [0, 0.05) is 6.42 Å². The van der Waals surface area contributed by atoms with Crippen molar-refractivity contribution in [3.8, 4) is 0 Å². The van der Waals surface area contributed by atoms with Crippen molar-refractivity contribution in [3.05, 3.63) is 35.4 Å². The van der Waals surface area contributed by atoms with Gasteiger partial charge < -0.3 is 10.4 Å². The second-order valence-electron chi connectivity index (χ2n) is 5.75. The van der Waals surface area contributed by atoms with Crippen LogP contribution in [0.3, 0.4) is 0 Å². The number of benzene rings is 1. The smallest absolute Gasteiger partial charge is 0.309 e. The number of hydrogen-bond acceptors (Lipinski definition) is 2. The molecular weight excluding hydrogens is 254 g/mol. The van der Waals surface area contributed by atoms with Gasteiger partial charge in [-0.3, -0.25) is 9.59 Å². The highest BCUT2D eigenvalue weighted by atomic mass is 16.4. The molecule has 4 nitrogen and oxygen atoms in total. The molecule has 0 heterocycles. The zero-order valence-electron chi connectivity index (χ0n) is 12.6. The number of carbonyl (C=O) groups is 2. The molecule has 2 N–H and O–H groups in total. The Morgan fingerprint density at radius 2 is 1.80 bits per heavy atom. The van der Waals surface area contributed by atoms with Gasteiger partial charge >= 0.3 is 5.97 Å². The molecule has 0 saturated heterocycles. The Bertz CT molecular complexity index is 477. The van der Waals surface area contributed by atoms with Crippen LogP contribution in [0.2, 0.25) is 0 Å². The Hall–Kier alpha value is -1.84. The Morgan fingerprint density at radius 3 is 2.25 bits per heavy atom. The molecule has 20 heavy (non-hydrogen) atoms. The minimum atomic E-state index is -1.05. The molecule has 0 spiro atoms. The van der Waals surface area contributed by atoms with Gasteiger partial charge in [0.1, 0.15) is 0 Å². The van der Waals surface area contributed by atoms with Crippen molar-refractivity contribution in [3.63, 3.8) is 0 Å². The average molecular weight is 277 g/mol. The molecule has 1 unspecified atom stereocenters. The summed E-state index contributed by atoms with van der Waals surface area (Å²) >= 11 is 0. The van der Waals surface area contributed by atoms with Crippen molar-refractivity contribution in [2.45, 2.75) is 46.6 Å². The molecule has 1 amide bonds. The first-order valence-electron chi connectivity index (χ1n) is 6.88. The predicted molar refractivity (Wildman–Crippen MR) is 78.4 cm³/mol. The van der Waals surface area contributed by atoms with Gasteiger partial charge in [-0.2, -0.15) is 0 Å². The van der Waals surface area contributed by atoms with Crippen molar-refractivity contribution in [1.29, 1.82) is 0 Å². The van der Waals surface area contributed by atoms with E-state index in [1.165, 1.54) is 5.56 Å². The van der Waals surface area contributed by atoms with Crippen LogP contribution in [0.1, 0.15) is 51.3 Å². The largest absolute Gasteiger partial charge is 0.481 e. The molecule has 0 aliphatic heterocycles. The van der Waals surface area contributed by atoms with E-state index in [4.69, 9.17) is 5.11 Å². The Balaban J connectivity index is 2.63. The lowest BCUT2D eigenvalue weighted by molar-refractivity contribution is -0.149. The van der Waals surface area contributed by atoms with Crippen LogP contribution in [-0.4, -0.2) is 17.0 Å². The fourth-order valence-corrected chi connectivity index (χ4v) is 1.89. The van der Waals surface area contributed by atoms with Gasteiger partial charge in [0.25, 0.3) is 0 Å². The molecule has 0 aliphatic rings. The summed E-state index contributed by atoms with van der Waals surface area (Å²) in [5.74, 6) is -1.21. The number of carboxylic acid groups (broad SMARTS) is 1. The van der Waals surface area contributed by atoms with Gasteiger partial charge in [-0.15, -0.1) is 0 Å². The van der Waals surface area contributed by atoms with E-state index in [2.05, 4.69) is 12.2 Å². The summed E-state index contributed by atoms with van der Waals surface area (Å²) in [5, 5.41) is 11.9. The Labute approximate surface area is 120 Å². The summed E-state index contributed by atoms with van der Waals surface area (Å²) in [6.45, 7) is 7.09. The predicted octanol–water partition coefficient (Wildman–Crippen LogP) is 2.93. The Kier molecular flexibility index (Phi) is 5.31. The third-order valence-electron chi connectivity index (χ3n) is 3.45. The molecule has 1 aromatic carbocycles. The zero-order valence-corrected chi connectivity index (χ0v) is 12.6. The topological polar surface area (TPSA) is 66.4 Å². The first-order chi connectivity index (χ1) is 9.26. The van der Waals surface area contributed by atoms with Gasteiger partial charge in [0.2, 0.25) is 5.91 Å². The first-order valence-corrected chi connectivity index (χ1v) is 6.88. The van der Waals surface area contributed by atoms with Crippen LogP contribution in [0.25, 0.3) is 0 Å². The van der Waals surface area contributed by atoms with E-state index in [-0.39, 0.29) is 18.4 Å². The summed E-state index contributed by atoms with van der Waals surface area (Å²) in [4.78, 5) is 22.9. The molecule has 0 radical (unpaired) electrons. The quantitative estimate of drug-likeness (QED) is 0.840. The SMILES string of the molecule is CCc1ccc(C(C)NC(=O)CC(C)(C)C(=O)O)cc1. The van der Waals surface area contributed by atoms with Crippen LogP contribution < -0.4 is 5.32 Å². The minimum absolute atomic E-state index is 0.0281. The number of carboxylic acids is 1. The van der Waals surface area contributed by atoms with E-state index in [1.807, 2.05) is 31.2 Å². The van der Waals surface area contributed by atoms with Crippen molar-refractivity contribution < 1.29 is 14.7 Å². The van der Waals surface area contributed by atoms with E-state index in [0.29, 0.717) is 0 Å². The van der Waals surface area contributed by atoms with Crippen molar-refractivity contribution in [2.24, 2.45) is 5.41 Å². The van der Waals surface area contributed by atoms with E-state index in [0.717, 1.165) is 12.0 Å². The summed E-state index contributed by atoms with van der Waals surface area (Å²) < 4.78 is 0. The molecule has 1 atom stereocenters. The summed E-state index contributed by atoms with van der Waals surface area (Å²) in [6.07, 6.45) is 0.952. The minimum Gasteiger partial charge on any atom is -0.481 e. The van der Waals surface area contributed by atoms with Gasteiger partial charge in [0.05, 0.1) is 11.5 Å². The molecule has 0 fully saturated rings. The van der Waals surface area contributed by atoms with Crippen LogP contribution in [0.15, 0.2) is 24.3 Å². The van der Waals surface area contributed by atoms with E-state index < -0.39 is 11.4 Å². The lowest BCUT2D eigenvalue weighted by Gasteiger charge is -2.21. The molecule has 1 aromatic rings. The van der Waals surface area contributed by atoms with Crippen molar-refractivity contribution >= 4 is 11.9 Å². The first kappa shape index (κ1) is 16.2. The maximum Gasteiger partial charge on any atom is 0.309 e. The molecule has 1 rings (SSSR count). The number of carbonyl (C=O) groups excluding carboxylic acids is 1. The monoisotopic (exact) mass is 277 g/mol. The molecular formula is C16H23NO3. The van der Waals surface area contributed by atoms with E-state index in [9.17, 15) is 9.59 Å². The highest BCUT2D eigenvalue weighted by Crippen LogP contribution is 2.21. The fraction of sp³-hybridized carbons (Fsp3) is 0.500. The van der Waals surface area contributed by atoms with Crippen LogP contribution in [-0.2, 0) is 16.0 Å². The molecule has 0 bridgehead atoms.